The average molecular weight is 274 g/mol. The Balaban J connectivity index is 2.84. The number of hydrogen-bond donors (Lipinski definition) is 1. The molecule has 8 heteroatoms. The van der Waals surface area contributed by atoms with Crippen molar-refractivity contribution in [3.8, 4) is 12.1 Å². The van der Waals surface area contributed by atoms with E-state index in [0.717, 1.165) is 5.01 Å². The summed E-state index contributed by atoms with van der Waals surface area (Å²) in [6.45, 7) is 1.59. The molecule has 0 aromatic heterocycles. The van der Waals surface area contributed by atoms with Gasteiger partial charge in [0.2, 0.25) is 11.4 Å². The number of nitrogens with zero attached hydrogens (tertiary/aromatic N) is 5. The highest BCUT2D eigenvalue weighted by atomic mass is 16.2. The van der Waals surface area contributed by atoms with E-state index in [1.54, 1.807) is 21.0 Å². The van der Waals surface area contributed by atoms with Crippen molar-refractivity contribution in [2.24, 2.45) is 22.1 Å². The second kappa shape index (κ2) is 4.02. The Bertz CT molecular complexity index is 612. The van der Waals surface area contributed by atoms with Gasteiger partial charge in [-0.15, -0.1) is 0 Å². The van der Waals surface area contributed by atoms with Crippen LogP contribution in [0.25, 0.3) is 0 Å². The van der Waals surface area contributed by atoms with Gasteiger partial charge < -0.3 is 5.73 Å². The first-order valence-corrected chi connectivity index (χ1v) is 6.01. The van der Waals surface area contributed by atoms with Crippen LogP contribution in [0.1, 0.15) is 13.3 Å². The molecule has 2 aliphatic rings. The zero-order valence-electron chi connectivity index (χ0n) is 11.4. The molecule has 0 radical (unpaired) electrons. The van der Waals surface area contributed by atoms with Gasteiger partial charge >= 0.3 is 0 Å². The summed E-state index contributed by atoms with van der Waals surface area (Å²) in [6.07, 6.45) is -0.0241. The summed E-state index contributed by atoms with van der Waals surface area (Å²) < 4.78 is 0. The molecule has 2 rings (SSSR count). The number of hydrogen-bond acceptors (Lipinski definition) is 6. The fourth-order valence-corrected chi connectivity index (χ4v) is 3.12. The van der Waals surface area contributed by atoms with Crippen LogP contribution >= 0.6 is 0 Å². The van der Waals surface area contributed by atoms with Gasteiger partial charge in [0.1, 0.15) is 11.9 Å². The molecular formula is C12H14N6O2. The first-order valence-electron chi connectivity index (χ1n) is 6.01. The van der Waals surface area contributed by atoms with E-state index >= 15 is 0 Å². The topological polar surface area (TPSA) is 127 Å². The normalized spacial score (nSPS) is 36.4. The summed E-state index contributed by atoms with van der Waals surface area (Å²) in [6, 6.07) is 3.83. The van der Waals surface area contributed by atoms with E-state index in [0.29, 0.717) is 0 Å². The Hall–Kier alpha value is -2.45. The van der Waals surface area contributed by atoms with Gasteiger partial charge in [-0.3, -0.25) is 9.59 Å². The van der Waals surface area contributed by atoms with Gasteiger partial charge in [-0.2, -0.15) is 15.5 Å². The Morgan fingerprint density at radius 3 is 2.45 bits per heavy atom. The van der Waals surface area contributed by atoms with E-state index in [2.05, 4.69) is 4.99 Å². The molecule has 0 aromatic carbocycles. The Morgan fingerprint density at radius 2 is 2.00 bits per heavy atom. The van der Waals surface area contributed by atoms with Gasteiger partial charge in [0.05, 0.1) is 6.07 Å². The van der Waals surface area contributed by atoms with E-state index in [9.17, 15) is 20.1 Å². The number of carbonyl (C=O) groups is 2. The standard InChI is InChI=1S/C12H14N6O2/c1-7-4-8(19)18(17(2)3)12(6-14)9(15)16-10(20)11(7,12)5-13/h7H,4H2,1-3H3,(H2,15,16,20)/t7-,11-,12+/m1/s1. The van der Waals surface area contributed by atoms with Gasteiger partial charge in [0.25, 0.3) is 5.91 Å². The molecule has 2 N–H and O–H groups in total. The van der Waals surface area contributed by atoms with Crippen molar-refractivity contribution >= 4 is 17.6 Å². The zero-order valence-corrected chi connectivity index (χ0v) is 11.4. The number of nitriles is 2. The van der Waals surface area contributed by atoms with Crippen molar-refractivity contribution in [2.45, 2.75) is 18.9 Å². The van der Waals surface area contributed by atoms with E-state index in [1.165, 1.54) is 5.01 Å². The Labute approximate surface area is 116 Å². The SMILES string of the molecule is C[C@@H]1CC(=O)N(N(C)C)[C@@]2(C#N)C(N)=NC(=O)[C@@]12C#N. The third-order valence-electron chi connectivity index (χ3n) is 4.01. The molecule has 0 aliphatic carbocycles. The lowest BCUT2D eigenvalue weighted by Gasteiger charge is -2.51. The molecule has 1 saturated heterocycles. The summed E-state index contributed by atoms with van der Waals surface area (Å²) in [5.74, 6) is -2.08. The van der Waals surface area contributed by atoms with Gasteiger partial charge in [0.15, 0.2) is 5.41 Å². The van der Waals surface area contributed by atoms with Gasteiger partial charge in [0, 0.05) is 20.5 Å². The molecule has 104 valence electrons. The van der Waals surface area contributed by atoms with Crippen LogP contribution in [0, 0.1) is 34.0 Å². The molecule has 0 spiro atoms. The van der Waals surface area contributed by atoms with Gasteiger partial charge in [-0.1, -0.05) is 6.92 Å². The molecule has 0 bridgehead atoms. The minimum atomic E-state index is -1.88. The van der Waals surface area contributed by atoms with Crippen LogP contribution in [0.15, 0.2) is 4.99 Å². The number of amides is 2. The number of fused-ring (bicyclic) bond motifs is 1. The monoisotopic (exact) mass is 274 g/mol. The van der Waals surface area contributed by atoms with Crippen LogP contribution in [0.4, 0.5) is 0 Å². The van der Waals surface area contributed by atoms with Crippen LogP contribution in [-0.4, -0.2) is 47.3 Å². The summed E-state index contributed by atoms with van der Waals surface area (Å²) in [4.78, 5) is 28.1. The number of rotatable bonds is 1. The predicted molar refractivity (Wildman–Crippen MR) is 67.3 cm³/mol. The molecule has 20 heavy (non-hydrogen) atoms. The summed E-state index contributed by atoms with van der Waals surface area (Å²) >= 11 is 0. The highest BCUT2D eigenvalue weighted by Gasteiger charge is 2.74. The lowest BCUT2D eigenvalue weighted by molar-refractivity contribution is -0.171. The average Bonchev–Trinajstić information content (AvgIpc) is 2.58. The predicted octanol–water partition coefficient (Wildman–Crippen LogP) is -0.999. The third kappa shape index (κ3) is 1.19. The highest BCUT2D eigenvalue weighted by molar-refractivity contribution is 6.16. The quantitative estimate of drug-likeness (QED) is 0.653. The molecule has 0 saturated carbocycles. The number of nitrogens with two attached hydrogens (primary N) is 1. The smallest absolute Gasteiger partial charge is 0.272 e. The second-order valence-corrected chi connectivity index (χ2v) is 5.20. The van der Waals surface area contributed by atoms with Crippen molar-refractivity contribution in [1.29, 1.82) is 10.5 Å². The van der Waals surface area contributed by atoms with Crippen molar-refractivity contribution in [2.75, 3.05) is 14.1 Å². The highest BCUT2D eigenvalue weighted by Crippen LogP contribution is 2.52. The number of amidine groups is 1. The van der Waals surface area contributed by atoms with E-state index in [1.807, 2.05) is 12.1 Å². The lowest BCUT2D eigenvalue weighted by Crippen LogP contribution is -2.73. The van der Waals surface area contributed by atoms with Crippen molar-refractivity contribution < 1.29 is 9.59 Å². The van der Waals surface area contributed by atoms with Crippen molar-refractivity contribution in [3.63, 3.8) is 0 Å². The van der Waals surface area contributed by atoms with E-state index in [4.69, 9.17) is 5.73 Å². The summed E-state index contributed by atoms with van der Waals surface area (Å²) in [5.41, 5.74) is 2.14. The molecule has 2 heterocycles. The fraction of sp³-hybridized carbons (Fsp3) is 0.583. The van der Waals surface area contributed by atoms with Crippen LogP contribution in [0.3, 0.4) is 0 Å². The van der Waals surface area contributed by atoms with Crippen molar-refractivity contribution in [1.82, 2.24) is 10.0 Å². The summed E-state index contributed by atoms with van der Waals surface area (Å²) in [7, 11) is 3.09. The molecule has 2 aliphatic heterocycles. The molecule has 0 aromatic rings. The minimum absolute atomic E-state index is 0.0241. The first kappa shape index (κ1) is 14.0. The van der Waals surface area contributed by atoms with Crippen LogP contribution in [0.5, 0.6) is 0 Å². The maximum absolute atomic E-state index is 12.3. The zero-order chi connectivity index (χ0) is 15.3. The molecule has 8 nitrogen and oxygen atoms in total. The number of carbonyl (C=O) groups excluding carboxylic acids is 2. The molecular weight excluding hydrogens is 260 g/mol. The Kier molecular flexibility index (Phi) is 2.81. The largest absolute Gasteiger partial charge is 0.384 e. The maximum atomic E-state index is 12.3. The molecule has 2 amide bonds. The van der Waals surface area contributed by atoms with Crippen molar-refractivity contribution in [3.05, 3.63) is 0 Å². The number of piperidine rings is 1. The van der Waals surface area contributed by atoms with Gasteiger partial charge in [-0.25, -0.2) is 10.0 Å². The summed E-state index contributed by atoms with van der Waals surface area (Å²) in [5, 5.41) is 21.7. The number of aliphatic imine (C=N–C) groups is 1. The molecule has 1 fully saturated rings. The number of hydrazine groups is 1. The van der Waals surface area contributed by atoms with E-state index < -0.39 is 22.8 Å². The first-order chi connectivity index (χ1) is 9.29. The van der Waals surface area contributed by atoms with Crippen LogP contribution in [-0.2, 0) is 9.59 Å². The fourth-order valence-electron chi connectivity index (χ4n) is 3.12. The van der Waals surface area contributed by atoms with Crippen LogP contribution < -0.4 is 5.73 Å². The maximum Gasteiger partial charge on any atom is 0.272 e. The van der Waals surface area contributed by atoms with Gasteiger partial charge in [-0.05, 0) is 5.92 Å². The second-order valence-electron chi connectivity index (χ2n) is 5.20. The minimum Gasteiger partial charge on any atom is -0.384 e. The van der Waals surface area contributed by atoms with Crippen LogP contribution in [0.2, 0.25) is 0 Å². The third-order valence-corrected chi connectivity index (χ3v) is 4.01. The molecule has 0 unspecified atom stereocenters. The Morgan fingerprint density at radius 1 is 1.40 bits per heavy atom. The molecule has 3 atom stereocenters. The van der Waals surface area contributed by atoms with E-state index in [-0.39, 0.29) is 18.2 Å². The lowest BCUT2D eigenvalue weighted by atomic mass is 9.60.